The summed E-state index contributed by atoms with van der Waals surface area (Å²) < 4.78 is 22.1. The Morgan fingerprint density at radius 3 is 2.54 bits per heavy atom. The number of anilines is 2. The van der Waals surface area contributed by atoms with E-state index in [1.165, 1.54) is 12.1 Å². The lowest BCUT2D eigenvalue weighted by atomic mass is 9.99. The molecule has 2 heterocycles. The molecular formula is C19H19ClN2O3S. The molecule has 0 saturated carbocycles. The van der Waals surface area contributed by atoms with E-state index in [0.717, 1.165) is 47.8 Å². The van der Waals surface area contributed by atoms with E-state index in [0.29, 0.717) is 6.54 Å². The van der Waals surface area contributed by atoms with Crippen molar-refractivity contribution >= 4 is 39.6 Å². The Bertz CT molecular complexity index is 919. The summed E-state index contributed by atoms with van der Waals surface area (Å²) in [5, 5.41) is 0.761. The first-order valence-corrected chi connectivity index (χ1v) is 10.2. The molecule has 0 radical (unpaired) electrons. The third-order valence-corrected chi connectivity index (χ3v) is 6.23. The lowest BCUT2D eigenvalue weighted by Crippen LogP contribution is -2.44. The van der Waals surface area contributed by atoms with Crippen LogP contribution in [-0.4, -0.2) is 33.5 Å². The van der Waals surface area contributed by atoms with Crippen LogP contribution in [0.4, 0.5) is 11.4 Å². The summed E-state index contributed by atoms with van der Waals surface area (Å²) in [4.78, 5) is 17.2. The molecule has 5 nitrogen and oxygen atoms in total. The molecule has 136 valence electrons. The SMILES string of the molecule is O=C1[C@@H](N2CCCc3c(Cl)cccc32)CCN1c1ccc([SH](=O)=O)cc1. The number of thiol groups is 1. The molecule has 2 aromatic rings. The van der Waals surface area contributed by atoms with Crippen molar-refractivity contribution < 1.29 is 13.2 Å². The fourth-order valence-corrected chi connectivity index (χ4v) is 4.56. The van der Waals surface area contributed by atoms with Crippen LogP contribution in [0.25, 0.3) is 0 Å². The molecular weight excluding hydrogens is 372 g/mol. The number of amides is 1. The highest BCUT2D eigenvalue weighted by molar-refractivity contribution is 7.72. The summed E-state index contributed by atoms with van der Waals surface area (Å²) in [6.07, 6.45) is 2.65. The lowest BCUT2D eigenvalue weighted by Gasteiger charge is -2.35. The smallest absolute Gasteiger partial charge is 0.249 e. The monoisotopic (exact) mass is 390 g/mol. The predicted octanol–water partition coefficient (Wildman–Crippen LogP) is 2.87. The topological polar surface area (TPSA) is 57.7 Å². The first-order chi connectivity index (χ1) is 12.6. The molecule has 2 aliphatic rings. The fourth-order valence-electron chi connectivity index (χ4n) is 3.90. The van der Waals surface area contributed by atoms with Gasteiger partial charge in [-0.25, -0.2) is 8.42 Å². The van der Waals surface area contributed by atoms with E-state index in [4.69, 9.17) is 11.6 Å². The second-order valence-electron chi connectivity index (χ2n) is 6.60. The number of hydrogen-bond acceptors (Lipinski definition) is 4. The van der Waals surface area contributed by atoms with Gasteiger partial charge in [-0.1, -0.05) is 17.7 Å². The van der Waals surface area contributed by atoms with Crippen LogP contribution in [0.2, 0.25) is 5.02 Å². The lowest BCUT2D eigenvalue weighted by molar-refractivity contribution is -0.118. The van der Waals surface area contributed by atoms with Crippen LogP contribution >= 0.6 is 11.6 Å². The van der Waals surface area contributed by atoms with Gasteiger partial charge in [0.1, 0.15) is 6.04 Å². The molecule has 2 aromatic carbocycles. The molecule has 2 aliphatic heterocycles. The Kier molecular flexibility index (Phi) is 4.63. The highest BCUT2D eigenvalue weighted by atomic mass is 35.5. The molecule has 1 fully saturated rings. The van der Waals surface area contributed by atoms with Gasteiger partial charge in [0.15, 0.2) is 10.7 Å². The first kappa shape index (κ1) is 17.4. The van der Waals surface area contributed by atoms with Crippen molar-refractivity contribution in [3.05, 3.63) is 53.1 Å². The highest BCUT2D eigenvalue weighted by Crippen LogP contribution is 2.36. The number of hydrogen-bond donors (Lipinski definition) is 1. The fraction of sp³-hybridized carbons (Fsp3) is 0.316. The number of halogens is 1. The molecule has 1 atom stereocenters. The van der Waals surface area contributed by atoms with Crippen molar-refractivity contribution in [3.63, 3.8) is 0 Å². The molecule has 0 N–H and O–H groups in total. The molecule has 1 amide bonds. The zero-order valence-corrected chi connectivity index (χ0v) is 15.7. The standard InChI is InChI=1S/C19H19ClN2O3S/c20-16-4-1-5-17-15(16)3-2-11-22(17)18-10-12-21(19(18)23)13-6-8-14(9-7-13)26(24)25/h1,4-9,18,26H,2-3,10-12H2/t18-/m0/s1. The molecule has 0 spiro atoms. The summed E-state index contributed by atoms with van der Waals surface area (Å²) in [5.41, 5.74) is 2.92. The van der Waals surface area contributed by atoms with Crippen LogP contribution in [0.1, 0.15) is 18.4 Å². The molecule has 0 aliphatic carbocycles. The van der Waals surface area contributed by atoms with Crippen molar-refractivity contribution in [2.45, 2.75) is 30.2 Å². The third kappa shape index (κ3) is 2.97. The van der Waals surface area contributed by atoms with E-state index in [9.17, 15) is 13.2 Å². The zero-order valence-electron chi connectivity index (χ0n) is 14.1. The maximum atomic E-state index is 13.1. The summed E-state index contributed by atoms with van der Waals surface area (Å²) in [6.45, 7) is 1.46. The highest BCUT2D eigenvalue weighted by Gasteiger charge is 2.38. The molecule has 0 bridgehead atoms. The van der Waals surface area contributed by atoms with Crippen LogP contribution in [0.5, 0.6) is 0 Å². The third-order valence-electron chi connectivity index (χ3n) is 5.16. The second-order valence-corrected chi connectivity index (χ2v) is 8.04. The second kappa shape index (κ2) is 6.93. The van der Waals surface area contributed by atoms with E-state index in [1.54, 1.807) is 17.0 Å². The Morgan fingerprint density at radius 1 is 1.04 bits per heavy atom. The van der Waals surface area contributed by atoms with Crippen LogP contribution in [0, 0.1) is 0 Å². The number of carbonyl (C=O) groups is 1. The van der Waals surface area contributed by atoms with E-state index >= 15 is 0 Å². The van der Waals surface area contributed by atoms with Crippen LogP contribution in [0.3, 0.4) is 0 Å². The van der Waals surface area contributed by atoms with Crippen molar-refractivity contribution in [1.82, 2.24) is 0 Å². The van der Waals surface area contributed by atoms with Gasteiger partial charge >= 0.3 is 0 Å². The summed E-state index contributed by atoms with van der Waals surface area (Å²) in [6, 6.07) is 12.1. The van der Waals surface area contributed by atoms with Crippen molar-refractivity contribution in [1.29, 1.82) is 0 Å². The Morgan fingerprint density at radius 2 is 1.81 bits per heavy atom. The Labute approximate surface area is 159 Å². The average Bonchev–Trinajstić information content (AvgIpc) is 3.03. The maximum Gasteiger partial charge on any atom is 0.249 e. The molecule has 0 aromatic heterocycles. The van der Waals surface area contributed by atoms with Crippen molar-refractivity contribution in [2.75, 3.05) is 22.9 Å². The average molecular weight is 391 g/mol. The van der Waals surface area contributed by atoms with Gasteiger partial charge in [0.25, 0.3) is 0 Å². The summed E-state index contributed by atoms with van der Waals surface area (Å²) in [5.74, 6) is 0.0529. The maximum absolute atomic E-state index is 13.1. The molecule has 26 heavy (non-hydrogen) atoms. The zero-order chi connectivity index (χ0) is 18.3. The summed E-state index contributed by atoms with van der Waals surface area (Å²) >= 11 is 6.34. The van der Waals surface area contributed by atoms with Gasteiger partial charge < -0.3 is 9.80 Å². The van der Waals surface area contributed by atoms with Gasteiger partial charge in [-0.2, -0.15) is 0 Å². The van der Waals surface area contributed by atoms with Gasteiger partial charge in [-0.15, -0.1) is 0 Å². The van der Waals surface area contributed by atoms with Crippen LogP contribution in [0.15, 0.2) is 47.4 Å². The molecule has 4 rings (SSSR count). The van der Waals surface area contributed by atoms with E-state index in [2.05, 4.69) is 4.90 Å². The normalized spacial score (nSPS) is 19.9. The van der Waals surface area contributed by atoms with Gasteiger partial charge in [-0.05, 0) is 61.2 Å². The predicted molar refractivity (Wildman–Crippen MR) is 103 cm³/mol. The van der Waals surface area contributed by atoms with E-state index in [-0.39, 0.29) is 16.8 Å². The van der Waals surface area contributed by atoms with Crippen molar-refractivity contribution in [3.8, 4) is 0 Å². The number of nitrogens with zero attached hydrogens (tertiary/aromatic N) is 2. The van der Waals surface area contributed by atoms with Gasteiger partial charge in [0.05, 0.1) is 4.90 Å². The molecule has 1 saturated heterocycles. The van der Waals surface area contributed by atoms with Crippen LogP contribution < -0.4 is 9.80 Å². The summed E-state index contributed by atoms with van der Waals surface area (Å²) in [7, 11) is -2.61. The van der Waals surface area contributed by atoms with Gasteiger partial charge in [0, 0.05) is 29.5 Å². The molecule has 7 heteroatoms. The quantitative estimate of drug-likeness (QED) is 0.819. The minimum atomic E-state index is -2.61. The van der Waals surface area contributed by atoms with Gasteiger partial charge in [0.2, 0.25) is 5.91 Å². The Balaban J connectivity index is 1.60. The number of benzene rings is 2. The van der Waals surface area contributed by atoms with Gasteiger partial charge in [-0.3, -0.25) is 4.79 Å². The van der Waals surface area contributed by atoms with E-state index < -0.39 is 10.7 Å². The van der Waals surface area contributed by atoms with E-state index in [1.807, 2.05) is 18.2 Å². The minimum Gasteiger partial charge on any atom is -0.359 e. The largest absolute Gasteiger partial charge is 0.359 e. The number of rotatable bonds is 3. The van der Waals surface area contributed by atoms with Crippen LogP contribution in [-0.2, 0) is 21.9 Å². The number of fused-ring (bicyclic) bond motifs is 1. The molecule has 0 unspecified atom stereocenters. The first-order valence-electron chi connectivity index (χ1n) is 8.66. The Hall–Kier alpha value is -2.05. The minimum absolute atomic E-state index is 0.0529. The van der Waals surface area contributed by atoms with Crippen molar-refractivity contribution in [2.24, 2.45) is 0 Å². The number of carbonyl (C=O) groups excluding carboxylic acids is 1.